The quantitative estimate of drug-likeness (QED) is 0.191. The van der Waals surface area contributed by atoms with Gasteiger partial charge in [-0.05, 0) is 13.3 Å². The van der Waals surface area contributed by atoms with Gasteiger partial charge in [0.15, 0.2) is 0 Å². The van der Waals surface area contributed by atoms with Gasteiger partial charge in [-0.25, -0.2) is 4.98 Å². The Kier molecular flexibility index (Phi) is 18.2. The van der Waals surface area contributed by atoms with Crippen LogP contribution in [-0.4, -0.2) is 9.55 Å². The number of nitrogens with zero attached hydrogens (tertiary/aromatic N) is 2. The molecule has 3 nitrogen and oxygen atoms in total. The highest BCUT2D eigenvalue weighted by Crippen LogP contribution is 2.15. The van der Waals surface area contributed by atoms with Crippen molar-refractivity contribution in [1.29, 1.82) is 0 Å². The topological polar surface area (TPSA) is 43.8 Å². The number of unbranched alkanes of at least 4 members (excludes halogenated alkanes) is 19. The molecule has 1 atom stereocenters. The normalized spacial score (nSPS) is 12.5. The zero-order valence-electron chi connectivity index (χ0n) is 20.6. The number of hydrogen-bond donors (Lipinski definition) is 1. The average Bonchev–Trinajstić information content (AvgIpc) is 3.21. The third-order valence-corrected chi connectivity index (χ3v) is 6.41. The van der Waals surface area contributed by atoms with Crippen LogP contribution in [0.3, 0.4) is 0 Å². The Morgan fingerprint density at radius 2 is 1.03 bits per heavy atom. The van der Waals surface area contributed by atoms with E-state index in [1.54, 1.807) is 0 Å². The highest BCUT2D eigenvalue weighted by atomic mass is 15.1. The van der Waals surface area contributed by atoms with E-state index in [9.17, 15) is 0 Å². The summed E-state index contributed by atoms with van der Waals surface area (Å²) in [5, 5.41) is 0. The van der Waals surface area contributed by atoms with Crippen LogP contribution in [0.1, 0.15) is 154 Å². The molecule has 1 aromatic rings. The monoisotopic (exact) mass is 419 g/mol. The van der Waals surface area contributed by atoms with Crippen LogP contribution in [0.4, 0.5) is 0 Å². The maximum Gasteiger partial charge on any atom is 0.125 e. The summed E-state index contributed by atoms with van der Waals surface area (Å²) in [6.07, 6.45) is 32.5. The summed E-state index contributed by atoms with van der Waals surface area (Å²) in [6.45, 7) is 5.37. The number of hydrogen-bond acceptors (Lipinski definition) is 2. The van der Waals surface area contributed by atoms with Gasteiger partial charge in [0.1, 0.15) is 5.82 Å². The van der Waals surface area contributed by atoms with Gasteiger partial charge < -0.3 is 10.3 Å². The van der Waals surface area contributed by atoms with Crippen molar-refractivity contribution in [3.8, 4) is 0 Å². The molecule has 0 fully saturated rings. The lowest BCUT2D eigenvalue weighted by Gasteiger charge is -2.10. The maximum absolute atomic E-state index is 5.95. The molecule has 1 heterocycles. The van der Waals surface area contributed by atoms with E-state index in [0.29, 0.717) is 0 Å². The standard InChI is InChI=1S/C27H53N3/c1-3-4-5-6-7-8-9-10-11-12-13-14-15-16-17-18-19-20-21-22-24-30-25-23-29-27(30)26(2)28/h23,25-26H,3-22,24,28H2,1-2H3. The third-order valence-electron chi connectivity index (χ3n) is 6.41. The van der Waals surface area contributed by atoms with E-state index < -0.39 is 0 Å². The second-order valence-electron chi connectivity index (χ2n) is 9.49. The van der Waals surface area contributed by atoms with Crippen LogP contribution < -0.4 is 5.73 Å². The molecule has 176 valence electrons. The first-order valence-electron chi connectivity index (χ1n) is 13.5. The van der Waals surface area contributed by atoms with E-state index in [4.69, 9.17) is 5.73 Å². The van der Waals surface area contributed by atoms with Crippen LogP contribution in [0.25, 0.3) is 0 Å². The average molecular weight is 420 g/mol. The fourth-order valence-electron chi connectivity index (χ4n) is 4.45. The van der Waals surface area contributed by atoms with Gasteiger partial charge in [0.2, 0.25) is 0 Å². The molecule has 1 unspecified atom stereocenters. The molecule has 0 aliphatic rings. The Hall–Kier alpha value is -0.830. The molecule has 0 aromatic carbocycles. The van der Waals surface area contributed by atoms with Crippen LogP contribution in [-0.2, 0) is 6.54 Å². The van der Waals surface area contributed by atoms with E-state index in [0.717, 1.165) is 12.4 Å². The molecule has 1 rings (SSSR count). The Morgan fingerprint density at radius 3 is 1.40 bits per heavy atom. The molecular formula is C27H53N3. The van der Waals surface area contributed by atoms with Gasteiger partial charge in [-0.2, -0.15) is 0 Å². The molecule has 0 spiro atoms. The lowest BCUT2D eigenvalue weighted by atomic mass is 10.0. The summed E-state index contributed by atoms with van der Waals surface area (Å²) in [6, 6.07) is 0.0325. The van der Waals surface area contributed by atoms with E-state index in [2.05, 4.69) is 22.7 Å². The van der Waals surface area contributed by atoms with E-state index >= 15 is 0 Å². The maximum atomic E-state index is 5.95. The lowest BCUT2D eigenvalue weighted by Crippen LogP contribution is -2.13. The number of imidazole rings is 1. The molecule has 0 aliphatic carbocycles. The number of rotatable bonds is 22. The van der Waals surface area contributed by atoms with E-state index in [1.807, 2.05) is 13.1 Å². The van der Waals surface area contributed by atoms with Crippen molar-refractivity contribution in [2.45, 2.75) is 155 Å². The molecule has 0 bridgehead atoms. The van der Waals surface area contributed by atoms with Crippen molar-refractivity contribution in [2.24, 2.45) is 5.73 Å². The fraction of sp³-hybridized carbons (Fsp3) is 0.889. The van der Waals surface area contributed by atoms with E-state index in [1.165, 1.54) is 128 Å². The molecule has 0 saturated carbocycles. The summed E-state index contributed by atoms with van der Waals surface area (Å²) in [5.41, 5.74) is 5.95. The van der Waals surface area contributed by atoms with Crippen molar-refractivity contribution >= 4 is 0 Å². The van der Waals surface area contributed by atoms with Crippen molar-refractivity contribution in [2.75, 3.05) is 0 Å². The Morgan fingerprint density at radius 1 is 0.667 bits per heavy atom. The van der Waals surface area contributed by atoms with Crippen molar-refractivity contribution < 1.29 is 0 Å². The minimum Gasteiger partial charge on any atom is -0.334 e. The first kappa shape index (κ1) is 27.2. The number of aromatic nitrogens is 2. The predicted molar refractivity (Wildman–Crippen MR) is 133 cm³/mol. The first-order valence-corrected chi connectivity index (χ1v) is 13.5. The molecule has 0 radical (unpaired) electrons. The summed E-state index contributed by atoms with van der Waals surface area (Å²) < 4.78 is 2.22. The molecule has 2 N–H and O–H groups in total. The zero-order valence-corrected chi connectivity index (χ0v) is 20.6. The number of aryl methyl sites for hydroxylation is 1. The molecule has 0 saturated heterocycles. The van der Waals surface area contributed by atoms with Crippen LogP contribution in [0.15, 0.2) is 12.4 Å². The smallest absolute Gasteiger partial charge is 0.125 e. The summed E-state index contributed by atoms with van der Waals surface area (Å²) in [5.74, 6) is 1.02. The van der Waals surface area contributed by atoms with Crippen LogP contribution >= 0.6 is 0 Å². The molecule has 0 aliphatic heterocycles. The second-order valence-corrected chi connectivity index (χ2v) is 9.49. The highest BCUT2D eigenvalue weighted by Gasteiger charge is 2.06. The summed E-state index contributed by atoms with van der Waals surface area (Å²) in [4.78, 5) is 4.36. The minimum absolute atomic E-state index is 0.0325. The highest BCUT2D eigenvalue weighted by molar-refractivity contribution is 4.96. The van der Waals surface area contributed by atoms with Gasteiger partial charge in [0.05, 0.1) is 6.04 Å². The molecular weight excluding hydrogens is 366 g/mol. The fourth-order valence-corrected chi connectivity index (χ4v) is 4.45. The van der Waals surface area contributed by atoms with Gasteiger partial charge in [-0.3, -0.25) is 0 Å². The third kappa shape index (κ3) is 15.0. The lowest BCUT2D eigenvalue weighted by molar-refractivity contribution is 0.511. The molecule has 3 heteroatoms. The number of nitrogens with two attached hydrogens (primary N) is 1. The SMILES string of the molecule is CCCCCCCCCCCCCCCCCCCCCCn1ccnc1C(C)N. The second kappa shape index (κ2) is 20.1. The van der Waals surface area contributed by atoms with Crippen LogP contribution in [0.2, 0.25) is 0 Å². The first-order chi connectivity index (χ1) is 14.8. The van der Waals surface area contributed by atoms with Crippen LogP contribution in [0, 0.1) is 0 Å². The Bertz CT molecular complexity index is 466. The van der Waals surface area contributed by atoms with Crippen molar-refractivity contribution in [3.63, 3.8) is 0 Å². The van der Waals surface area contributed by atoms with Gasteiger partial charge in [-0.1, -0.05) is 129 Å². The largest absolute Gasteiger partial charge is 0.334 e. The van der Waals surface area contributed by atoms with Gasteiger partial charge >= 0.3 is 0 Å². The van der Waals surface area contributed by atoms with Crippen molar-refractivity contribution in [3.05, 3.63) is 18.2 Å². The minimum atomic E-state index is 0.0325. The molecule has 30 heavy (non-hydrogen) atoms. The van der Waals surface area contributed by atoms with Gasteiger partial charge in [0, 0.05) is 18.9 Å². The zero-order chi connectivity index (χ0) is 21.7. The van der Waals surface area contributed by atoms with Crippen molar-refractivity contribution in [1.82, 2.24) is 9.55 Å². The Balaban J connectivity index is 1.73. The van der Waals surface area contributed by atoms with Crippen LogP contribution in [0.5, 0.6) is 0 Å². The molecule has 1 aromatic heterocycles. The van der Waals surface area contributed by atoms with E-state index in [-0.39, 0.29) is 6.04 Å². The summed E-state index contributed by atoms with van der Waals surface area (Å²) >= 11 is 0. The molecule has 0 amide bonds. The Labute approximate surface area is 188 Å². The predicted octanol–water partition coefficient (Wildman–Crippen LogP) is 8.72. The van der Waals surface area contributed by atoms with Gasteiger partial charge in [-0.15, -0.1) is 0 Å². The summed E-state index contributed by atoms with van der Waals surface area (Å²) in [7, 11) is 0. The van der Waals surface area contributed by atoms with Gasteiger partial charge in [0.25, 0.3) is 0 Å².